The number of halogens is 1. The van der Waals surface area contributed by atoms with Gasteiger partial charge in [-0.25, -0.2) is 0 Å². The first kappa shape index (κ1) is 11.7. The smallest absolute Gasteiger partial charge is 0.185 e. The molecule has 0 spiro atoms. The van der Waals surface area contributed by atoms with Crippen LogP contribution in [-0.2, 0) is 0 Å². The highest BCUT2D eigenvalue weighted by Crippen LogP contribution is 2.17. The van der Waals surface area contributed by atoms with Crippen LogP contribution in [0.25, 0.3) is 12.2 Å². The molecule has 0 unspecified atom stereocenters. The van der Waals surface area contributed by atoms with E-state index in [0.29, 0.717) is 16.5 Å². The van der Waals surface area contributed by atoms with Crippen LogP contribution < -0.4 is 5.43 Å². The summed E-state index contributed by atoms with van der Waals surface area (Å²) in [6, 6.07) is 10.4. The number of aryl methyl sites for hydroxylation is 1. The highest BCUT2D eigenvalue weighted by atomic mass is 35.5. The molecule has 0 fully saturated rings. The van der Waals surface area contributed by atoms with Crippen LogP contribution in [0, 0.1) is 6.92 Å². The van der Waals surface area contributed by atoms with Gasteiger partial charge in [-0.2, -0.15) is 0 Å². The van der Waals surface area contributed by atoms with Gasteiger partial charge in [-0.05, 0) is 30.7 Å². The molecular weight excluding hydrogens is 236 g/mol. The lowest BCUT2D eigenvalue weighted by Gasteiger charge is -1.97. The molecule has 1 heterocycles. The van der Waals surface area contributed by atoms with Crippen molar-refractivity contribution in [1.82, 2.24) is 0 Å². The maximum Gasteiger partial charge on any atom is 0.185 e. The molecule has 2 rings (SSSR count). The summed E-state index contributed by atoms with van der Waals surface area (Å²) >= 11 is 6.01. The second-order valence-electron chi connectivity index (χ2n) is 3.66. The molecule has 2 nitrogen and oxygen atoms in total. The third kappa shape index (κ3) is 3.08. The Hall–Kier alpha value is -1.80. The van der Waals surface area contributed by atoms with Crippen molar-refractivity contribution in [2.24, 2.45) is 0 Å². The predicted octanol–water partition coefficient (Wildman–Crippen LogP) is 3.77. The van der Waals surface area contributed by atoms with Crippen LogP contribution in [0.2, 0.25) is 5.02 Å². The number of rotatable bonds is 2. The second kappa shape index (κ2) is 5.02. The molecule has 0 atom stereocenters. The van der Waals surface area contributed by atoms with E-state index in [4.69, 9.17) is 16.0 Å². The van der Waals surface area contributed by atoms with Crippen LogP contribution in [0.5, 0.6) is 0 Å². The van der Waals surface area contributed by atoms with Crippen molar-refractivity contribution in [3.8, 4) is 0 Å². The fourth-order valence-corrected chi connectivity index (χ4v) is 1.69. The van der Waals surface area contributed by atoms with Crippen molar-refractivity contribution in [3.05, 3.63) is 68.7 Å². The Balaban J connectivity index is 2.32. The standard InChI is InChI=1S/C14H11ClO2/c1-10-8-12(16)9-13(17-10)7-6-11-4-2-3-5-14(11)15/h2-9H,1H3/b7-6+. The Kier molecular flexibility index (Phi) is 3.45. The van der Waals surface area contributed by atoms with Gasteiger partial charge in [-0.15, -0.1) is 0 Å². The molecule has 0 aliphatic rings. The molecule has 1 aromatic carbocycles. The van der Waals surface area contributed by atoms with Crippen LogP contribution in [-0.4, -0.2) is 0 Å². The zero-order valence-electron chi connectivity index (χ0n) is 9.31. The summed E-state index contributed by atoms with van der Waals surface area (Å²) in [4.78, 5) is 11.3. The van der Waals surface area contributed by atoms with E-state index in [1.54, 1.807) is 13.0 Å². The number of benzene rings is 1. The van der Waals surface area contributed by atoms with Gasteiger partial charge in [0.15, 0.2) is 5.43 Å². The molecule has 0 aliphatic carbocycles. The van der Waals surface area contributed by atoms with Crippen LogP contribution in [0.15, 0.2) is 45.6 Å². The van der Waals surface area contributed by atoms with Crippen molar-refractivity contribution in [3.63, 3.8) is 0 Å². The van der Waals surface area contributed by atoms with Gasteiger partial charge in [0.1, 0.15) is 11.5 Å². The van der Waals surface area contributed by atoms with Gasteiger partial charge >= 0.3 is 0 Å². The Morgan fingerprint density at radius 3 is 2.65 bits per heavy atom. The Morgan fingerprint density at radius 1 is 1.18 bits per heavy atom. The van der Waals surface area contributed by atoms with E-state index in [2.05, 4.69) is 0 Å². The molecular formula is C14H11ClO2. The zero-order valence-corrected chi connectivity index (χ0v) is 10.1. The first-order chi connectivity index (χ1) is 8.15. The topological polar surface area (TPSA) is 30.2 Å². The summed E-state index contributed by atoms with van der Waals surface area (Å²) in [5, 5.41) is 0.666. The van der Waals surface area contributed by atoms with E-state index in [1.165, 1.54) is 12.1 Å². The summed E-state index contributed by atoms with van der Waals surface area (Å²) in [5.74, 6) is 1.12. The molecule has 0 saturated heterocycles. The number of hydrogen-bond acceptors (Lipinski definition) is 2. The zero-order chi connectivity index (χ0) is 12.3. The molecule has 0 N–H and O–H groups in total. The van der Waals surface area contributed by atoms with Crippen molar-refractivity contribution < 1.29 is 4.42 Å². The van der Waals surface area contributed by atoms with Crippen molar-refractivity contribution >= 4 is 23.8 Å². The second-order valence-corrected chi connectivity index (χ2v) is 4.07. The fraction of sp³-hybridized carbons (Fsp3) is 0.0714. The summed E-state index contributed by atoms with van der Waals surface area (Å²) in [6.07, 6.45) is 3.55. The van der Waals surface area contributed by atoms with E-state index < -0.39 is 0 Å². The minimum absolute atomic E-state index is 0.0624. The molecule has 3 heteroatoms. The summed E-state index contributed by atoms with van der Waals surface area (Å²) in [6.45, 7) is 1.74. The summed E-state index contributed by atoms with van der Waals surface area (Å²) in [7, 11) is 0. The molecule has 17 heavy (non-hydrogen) atoms. The van der Waals surface area contributed by atoms with E-state index in [-0.39, 0.29) is 5.43 Å². The summed E-state index contributed by atoms with van der Waals surface area (Å²) < 4.78 is 5.39. The fourth-order valence-electron chi connectivity index (χ4n) is 1.49. The first-order valence-corrected chi connectivity index (χ1v) is 5.57. The molecule has 1 aromatic heterocycles. The highest BCUT2D eigenvalue weighted by Gasteiger charge is 1.97. The average Bonchev–Trinajstić information content (AvgIpc) is 2.27. The molecule has 0 amide bonds. The molecule has 0 aliphatic heterocycles. The first-order valence-electron chi connectivity index (χ1n) is 5.19. The van der Waals surface area contributed by atoms with Crippen LogP contribution in [0.3, 0.4) is 0 Å². The lowest BCUT2D eigenvalue weighted by atomic mass is 10.2. The minimum Gasteiger partial charge on any atom is -0.462 e. The molecule has 0 saturated carbocycles. The maximum atomic E-state index is 11.3. The quantitative estimate of drug-likeness (QED) is 0.807. The Labute approximate surface area is 104 Å². The molecule has 0 bridgehead atoms. The van der Waals surface area contributed by atoms with E-state index in [9.17, 15) is 4.79 Å². The summed E-state index contributed by atoms with van der Waals surface area (Å²) in [5.41, 5.74) is 0.825. The predicted molar refractivity (Wildman–Crippen MR) is 70.1 cm³/mol. The van der Waals surface area contributed by atoms with E-state index in [1.807, 2.05) is 30.3 Å². The van der Waals surface area contributed by atoms with Gasteiger partial charge in [-0.1, -0.05) is 29.8 Å². The average molecular weight is 247 g/mol. The van der Waals surface area contributed by atoms with Gasteiger partial charge in [0.2, 0.25) is 0 Å². The van der Waals surface area contributed by atoms with Crippen molar-refractivity contribution in [2.75, 3.05) is 0 Å². The van der Waals surface area contributed by atoms with Gasteiger partial charge in [0.25, 0.3) is 0 Å². The third-order valence-electron chi connectivity index (χ3n) is 2.24. The molecule has 0 radical (unpaired) electrons. The normalized spacial score (nSPS) is 10.9. The maximum absolute atomic E-state index is 11.3. The van der Waals surface area contributed by atoms with Gasteiger partial charge in [0.05, 0.1) is 0 Å². The Bertz CT molecular complexity index is 612. The molecule has 86 valence electrons. The SMILES string of the molecule is Cc1cc(=O)cc(/C=C/c2ccccc2Cl)o1. The van der Waals surface area contributed by atoms with Crippen molar-refractivity contribution in [2.45, 2.75) is 6.92 Å². The van der Waals surface area contributed by atoms with Crippen LogP contribution in [0.1, 0.15) is 17.1 Å². The van der Waals surface area contributed by atoms with Crippen LogP contribution >= 0.6 is 11.6 Å². The van der Waals surface area contributed by atoms with Crippen LogP contribution in [0.4, 0.5) is 0 Å². The van der Waals surface area contributed by atoms with Gasteiger partial charge in [-0.3, -0.25) is 4.79 Å². The van der Waals surface area contributed by atoms with Gasteiger partial charge in [0, 0.05) is 17.2 Å². The lowest BCUT2D eigenvalue weighted by Crippen LogP contribution is -1.97. The Morgan fingerprint density at radius 2 is 1.94 bits per heavy atom. The monoisotopic (exact) mass is 246 g/mol. The van der Waals surface area contributed by atoms with Gasteiger partial charge < -0.3 is 4.42 Å². The van der Waals surface area contributed by atoms with E-state index >= 15 is 0 Å². The number of hydrogen-bond donors (Lipinski definition) is 0. The minimum atomic E-state index is -0.0624. The van der Waals surface area contributed by atoms with Crippen molar-refractivity contribution in [1.29, 1.82) is 0 Å². The van der Waals surface area contributed by atoms with E-state index in [0.717, 1.165) is 5.56 Å². The highest BCUT2D eigenvalue weighted by molar-refractivity contribution is 6.32. The largest absolute Gasteiger partial charge is 0.462 e. The lowest BCUT2D eigenvalue weighted by molar-refractivity contribution is 0.505. The third-order valence-corrected chi connectivity index (χ3v) is 2.59. The molecule has 2 aromatic rings.